The van der Waals surface area contributed by atoms with Gasteiger partial charge in [0.15, 0.2) is 0 Å². The van der Waals surface area contributed by atoms with E-state index in [4.69, 9.17) is 27.9 Å². The molecule has 1 aromatic heterocycles. The van der Waals surface area contributed by atoms with Crippen LogP contribution in [0.25, 0.3) is 0 Å². The van der Waals surface area contributed by atoms with Crippen molar-refractivity contribution < 1.29 is 9.53 Å². The van der Waals surface area contributed by atoms with E-state index in [1.54, 1.807) is 7.05 Å². The van der Waals surface area contributed by atoms with Crippen molar-refractivity contribution in [2.75, 3.05) is 20.2 Å². The van der Waals surface area contributed by atoms with E-state index >= 15 is 0 Å². The molecule has 2 aromatic rings. The Labute approximate surface area is 139 Å². The van der Waals surface area contributed by atoms with Gasteiger partial charge in [0.2, 0.25) is 0 Å². The van der Waals surface area contributed by atoms with Gasteiger partial charge in [-0.25, -0.2) is 4.98 Å². The predicted octanol–water partition coefficient (Wildman–Crippen LogP) is 3.85. The van der Waals surface area contributed by atoms with Gasteiger partial charge in [-0.2, -0.15) is 0 Å². The molecule has 0 radical (unpaired) electrons. The van der Waals surface area contributed by atoms with Crippen LogP contribution in [0.15, 0.2) is 36.5 Å². The van der Waals surface area contributed by atoms with E-state index in [0.29, 0.717) is 18.7 Å². The van der Waals surface area contributed by atoms with Crippen molar-refractivity contribution in [3.63, 3.8) is 0 Å². The Balaban J connectivity index is 1.91. The van der Waals surface area contributed by atoms with Crippen LogP contribution in [0.5, 0.6) is 5.75 Å². The number of amides is 1. The number of benzene rings is 1. The van der Waals surface area contributed by atoms with Gasteiger partial charge in [-0.15, -0.1) is 0 Å². The van der Waals surface area contributed by atoms with Crippen molar-refractivity contribution in [2.45, 2.75) is 6.92 Å². The number of carbonyl (C=O) groups excluding carboxylic acids is 1. The van der Waals surface area contributed by atoms with Gasteiger partial charge in [-0.05, 0) is 25.1 Å². The van der Waals surface area contributed by atoms with Gasteiger partial charge in [0, 0.05) is 13.2 Å². The second-order valence-corrected chi connectivity index (χ2v) is 5.67. The highest BCUT2D eigenvalue weighted by atomic mass is 35.5. The third-order valence-corrected chi connectivity index (χ3v) is 3.62. The molecule has 6 heteroatoms. The molecule has 0 aliphatic heterocycles. The summed E-state index contributed by atoms with van der Waals surface area (Å²) in [5.41, 5.74) is 1.50. The fraction of sp³-hybridized carbons (Fsp3) is 0.250. The first-order valence-corrected chi connectivity index (χ1v) is 7.49. The van der Waals surface area contributed by atoms with Crippen LogP contribution in [0.1, 0.15) is 15.9 Å². The monoisotopic (exact) mass is 338 g/mol. The molecule has 0 atom stereocenters. The van der Waals surface area contributed by atoms with Gasteiger partial charge < -0.3 is 9.64 Å². The number of hydrogen-bond acceptors (Lipinski definition) is 3. The van der Waals surface area contributed by atoms with E-state index in [2.05, 4.69) is 4.98 Å². The second-order valence-electron chi connectivity index (χ2n) is 4.88. The van der Waals surface area contributed by atoms with Crippen molar-refractivity contribution in [3.05, 3.63) is 57.8 Å². The summed E-state index contributed by atoms with van der Waals surface area (Å²) in [6.07, 6.45) is 1.37. The number of likely N-dealkylation sites (N-methyl/N-ethyl adjacent to an activating group) is 1. The molecule has 0 N–H and O–H groups in total. The number of aromatic nitrogens is 1. The summed E-state index contributed by atoms with van der Waals surface area (Å²) in [7, 11) is 1.69. The highest BCUT2D eigenvalue weighted by molar-refractivity contribution is 6.35. The molecule has 2 rings (SSSR count). The predicted molar refractivity (Wildman–Crippen MR) is 87.9 cm³/mol. The highest BCUT2D eigenvalue weighted by Crippen LogP contribution is 2.19. The van der Waals surface area contributed by atoms with Crippen LogP contribution in [0, 0.1) is 6.92 Å². The molecule has 0 fully saturated rings. The smallest absolute Gasteiger partial charge is 0.255 e. The maximum Gasteiger partial charge on any atom is 0.255 e. The normalized spacial score (nSPS) is 10.4. The topological polar surface area (TPSA) is 42.4 Å². The maximum absolute atomic E-state index is 12.3. The molecule has 1 heterocycles. The lowest BCUT2D eigenvalue weighted by Crippen LogP contribution is -2.31. The summed E-state index contributed by atoms with van der Waals surface area (Å²) in [6.45, 7) is 2.84. The number of carbonyl (C=O) groups is 1. The molecule has 0 bridgehead atoms. The minimum absolute atomic E-state index is 0.221. The molecule has 4 nitrogen and oxygen atoms in total. The average molecular weight is 339 g/mol. The molecular weight excluding hydrogens is 323 g/mol. The summed E-state index contributed by atoms with van der Waals surface area (Å²) in [6, 6.07) is 9.21. The van der Waals surface area contributed by atoms with Crippen molar-refractivity contribution >= 4 is 29.1 Å². The standard InChI is InChI=1S/C16H16Cl2N2O2/c1-11-3-5-12(6-4-11)22-8-7-20(2)16(21)13-9-15(18)19-10-14(13)17/h3-6,9-10H,7-8H2,1-2H3. The number of halogens is 2. The van der Waals surface area contributed by atoms with E-state index in [1.165, 1.54) is 22.7 Å². The third kappa shape index (κ3) is 4.36. The number of rotatable bonds is 5. The molecule has 22 heavy (non-hydrogen) atoms. The van der Waals surface area contributed by atoms with Gasteiger partial charge in [0.25, 0.3) is 5.91 Å². The molecular formula is C16H16Cl2N2O2. The quantitative estimate of drug-likeness (QED) is 0.777. The van der Waals surface area contributed by atoms with E-state index in [-0.39, 0.29) is 16.1 Å². The van der Waals surface area contributed by atoms with Crippen LogP contribution in [-0.4, -0.2) is 36.0 Å². The number of hydrogen-bond donors (Lipinski definition) is 0. The largest absolute Gasteiger partial charge is 0.492 e. The van der Waals surface area contributed by atoms with Crippen LogP contribution < -0.4 is 4.74 Å². The number of nitrogens with zero attached hydrogens (tertiary/aromatic N) is 2. The molecule has 1 amide bonds. The Bertz CT molecular complexity index is 660. The first-order valence-electron chi connectivity index (χ1n) is 6.73. The van der Waals surface area contributed by atoms with Gasteiger partial charge in [0.05, 0.1) is 17.1 Å². The molecule has 116 valence electrons. The Morgan fingerprint density at radius 2 is 1.95 bits per heavy atom. The van der Waals surface area contributed by atoms with Crippen LogP contribution in [0.3, 0.4) is 0 Å². The molecule has 0 aliphatic rings. The minimum Gasteiger partial charge on any atom is -0.492 e. The number of pyridine rings is 1. The van der Waals surface area contributed by atoms with Gasteiger partial charge >= 0.3 is 0 Å². The zero-order valence-electron chi connectivity index (χ0n) is 12.3. The first-order chi connectivity index (χ1) is 10.5. The average Bonchev–Trinajstić information content (AvgIpc) is 2.51. The Hall–Kier alpha value is -1.78. The van der Waals surface area contributed by atoms with Crippen molar-refractivity contribution in [1.29, 1.82) is 0 Å². The van der Waals surface area contributed by atoms with E-state index in [1.807, 2.05) is 31.2 Å². The summed E-state index contributed by atoms with van der Waals surface area (Å²) >= 11 is 11.8. The van der Waals surface area contributed by atoms with Crippen LogP contribution in [0.4, 0.5) is 0 Å². The lowest BCUT2D eigenvalue weighted by Gasteiger charge is -2.18. The van der Waals surface area contributed by atoms with Gasteiger partial charge in [0.1, 0.15) is 17.5 Å². The summed E-state index contributed by atoms with van der Waals surface area (Å²) in [5.74, 6) is 0.554. The van der Waals surface area contributed by atoms with Crippen molar-refractivity contribution in [3.8, 4) is 5.75 Å². The van der Waals surface area contributed by atoms with Crippen molar-refractivity contribution in [1.82, 2.24) is 9.88 Å². The zero-order chi connectivity index (χ0) is 16.1. The number of aryl methyl sites for hydroxylation is 1. The molecule has 0 saturated carbocycles. The van der Waals surface area contributed by atoms with E-state index < -0.39 is 0 Å². The SMILES string of the molecule is Cc1ccc(OCCN(C)C(=O)c2cc(Cl)ncc2Cl)cc1. The molecule has 0 spiro atoms. The Morgan fingerprint density at radius 3 is 2.64 bits per heavy atom. The lowest BCUT2D eigenvalue weighted by atomic mass is 10.2. The summed E-state index contributed by atoms with van der Waals surface area (Å²) < 4.78 is 5.61. The highest BCUT2D eigenvalue weighted by Gasteiger charge is 2.16. The van der Waals surface area contributed by atoms with Crippen LogP contribution in [0.2, 0.25) is 10.2 Å². The fourth-order valence-corrected chi connectivity index (χ4v) is 2.16. The van der Waals surface area contributed by atoms with Crippen LogP contribution in [-0.2, 0) is 0 Å². The van der Waals surface area contributed by atoms with Crippen molar-refractivity contribution in [2.24, 2.45) is 0 Å². The Morgan fingerprint density at radius 1 is 1.27 bits per heavy atom. The first kappa shape index (κ1) is 16.6. The maximum atomic E-state index is 12.3. The summed E-state index contributed by atoms with van der Waals surface area (Å²) in [5, 5.41) is 0.512. The second kappa shape index (κ2) is 7.47. The van der Waals surface area contributed by atoms with Gasteiger partial charge in [-0.3, -0.25) is 4.79 Å². The van der Waals surface area contributed by atoms with E-state index in [9.17, 15) is 4.79 Å². The molecule has 0 aliphatic carbocycles. The number of ether oxygens (including phenoxy) is 1. The van der Waals surface area contributed by atoms with Gasteiger partial charge in [-0.1, -0.05) is 40.9 Å². The molecule has 1 aromatic carbocycles. The third-order valence-electron chi connectivity index (χ3n) is 3.12. The van der Waals surface area contributed by atoms with Crippen LogP contribution >= 0.6 is 23.2 Å². The molecule has 0 unspecified atom stereocenters. The zero-order valence-corrected chi connectivity index (χ0v) is 13.9. The minimum atomic E-state index is -0.221. The molecule has 0 saturated heterocycles. The van der Waals surface area contributed by atoms with E-state index in [0.717, 1.165) is 5.75 Å². The lowest BCUT2D eigenvalue weighted by molar-refractivity contribution is 0.0774. The fourth-order valence-electron chi connectivity index (χ4n) is 1.82. The summed E-state index contributed by atoms with van der Waals surface area (Å²) in [4.78, 5) is 17.7. The Kier molecular flexibility index (Phi) is 5.63.